The minimum atomic E-state index is -4.10. The number of halogens is 3. The molecule has 2 aromatic carbocycles. The van der Waals surface area contributed by atoms with Crippen LogP contribution >= 0.6 is 23.2 Å². The van der Waals surface area contributed by atoms with E-state index < -0.39 is 21.7 Å². The topological polar surface area (TPSA) is 94.0 Å². The Morgan fingerprint density at radius 1 is 1.12 bits per heavy atom. The molecule has 0 aliphatic heterocycles. The summed E-state index contributed by atoms with van der Waals surface area (Å²) in [5.41, 5.74) is 0.0168. The van der Waals surface area contributed by atoms with Gasteiger partial charge < -0.3 is 0 Å². The van der Waals surface area contributed by atoms with E-state index in [1.165, 1.54) is 36.5 Å². The summed E-state index contributed by atoms with van der Waals surface area (Å²) in [5, 5.41) is 7.72. The molecular weight excluding hydrogens is 406 g/mol. The number of nitrogens with zero attached hydrogens (tertiary/aromatic N) is 3. The number of benzene rings is 2. The maximum absolute atomic E-state index is 13.1. The highest BCUT2D eigenvalue weighted by molar-refractivity contribution is 7.90. The number of amides is 1. The summed E-state index contributed by atoms with van der Waals surface area (Å²) in [7, 11) is -4.10. The lowest BCUT2D eigenvalue weighted by atomic mass is 10.3. The molecule has 0 atom stereocenters. The zero-order chi connectivity index (χ0) is 18.9. The number of carbonyl (C=O) groups excluding carboxylic acids is 1. The highest BCUT2D eigenvalue weighted by Crippen LogP contribution is 2.21. The van der Waals surface area contributed by atoms with Gasteiger partial charge in [0, 0.05) is 5.02 Å². The van der Waals surface area contributed by atoms with E-state index in [1.54, 1.807) is 0 Å². The maximum Gasteiger partial charge on any atom is 0.287 e. The Bertz CT molecular complexity index is 1080. The summed E-state index contributed by atoms with van der Waals surface area (Å²) < 4.78 is 40.5. The second-order valence-corrected chi connectivity index (χ2v) is 7.56. The van der Waals surface area contributed by atoms with Crippen LogP contribution in [-0.4, -0.2) is 29.3 Å². The lowest BCUT2D eigenvalue weighted by Crippen LogP contribution is -2.30. The third-order valence-electron chi connectivity index (χ3n) is 3.23. The molecule has 11 heteroatoms. The van der Waals surface area contributed by atoms with Crippen molar-refractivity contribution in [3.05, 3.63) is 70.2 Å². The Kier molecular flexibility index (Phi) is 4.94. The largest absolute Gasteiger partial charge is 0.287 e. The third kappa shape index (κ3) is 3.85. The summed E-state index contributed by atoms with van der Waals surface area (Å²) in [6.45, 7) is 0. The molecule has 0 aliphatic rings. The lowest BCUT2D eigenvalue weighted by Gasteiger charge is -2.05. The Balaban J connectivity index is 1.83. The van der Waals surface area contributed by atoms with Crippen LogP contribution in [0.4, 0.5) is 4.39 Å². The molecule has 0 radical (unpaired) electrons. The standard InChI is InChI=1S/C15H9Cl2FN4O3S/c16-9-1-4-11(5-2-9)26(24,25)20-15(23)13-8-22(21-19-13)14-6-3-10(18)7-12(14)17/h1-8H,(H,20,23). The smallest absolute Gasteiger partial charge is 0.266 e. The molecule has 0 bridgehead atoms. The van der Waals surface area contributed by atoms with Gasteiger partial charge in [0.15, 0.2) is 5.69 Å². The van der Waals surface area contributed by atoms with Gasteiger partial charge in [-0.3, -0.25) is 4.79 Å². The summed E-state index contributed by atoms with van der Waals surface area (Å²) in [6, 6.07) is 8.86. The Morgan fingerprint density at radius 3 is 2.46 bits per heavy atom. The van der Waals surface area contributed by atoms with E-state index in [4.69, 9.17) is 23.2 Å². The second-order valence-electron chi connectivity index (χ2n) is 5.03. The predicted octanol–water partition coefficient (Wildman–Crippen LogP) is 2.83. The quantitative estimate of drug-likeness (QED) is 0.708. The zero-order valence-corrected chi connectivity index (χ0v) is 15.1. The molecule has 0 saturated carbocycles. The first-order valence-corrected chi connectivity index (χ1v) is 9.21. The van der Waals surface area contributed by atoms with Gasteiger partial charge in [-0.25, -0.2) is 22.2 Å². The van der Waals surface area contributed by atoms with Crippen LogP contribution in [0, 0.1) is 5.82 Å². The van der Waals surface area contributed by atoms with Crippen molar-refractivity contribution < 1.29 is 17.6 Å². The molecule has 3 aromatic rings. The van der Waals surface area contributed by atoms with E-state index in [0.717, 1.165) is 16.8 Å². The zero-order valence-electron chi connectivity index (χ0n) is 12.7. The van der Waals surface area contributed by atoms with E-state index in [0.29, 0.717) is 5.02 Å². The van der Waals surface area contributed by atoms with Gasteiger partial charge in [-0.2, -0.15) is 0 Å². The second kappa shape index (κ2) is 7.02. The molecule has 0 spiro atoms. The van der Waals surface area contributed by atoms with Gasteiger partial charge in [-0.05, 0) is 42.5 Å². The molecule has 1 aromatic heterocycles. The number of carbonyl (C=O) groups is 1. The molecule has 134 valence electrons. The van der Waals surface area contributed by atoms with Crippen LogP contribution in [0.25, 0.3) is 5.69 Å². The van der Waals surface area contributed by atoms with Crippen molar-refractivity contribution in [1.29, 1.82) is 0 Å². The minimum Gasteiger partial charge on any atom is -0.266 e. The van der Waals surface area contributed by atoms with Gasteiger partial charge >= 0.3 is 0 Å². The Labute approximate surface area is 157 Å². The first kappa shape index (κ1) is 18.3. The van der Waals surface area contributed by atoms with E-state index >= 15 is 0 Å². The monoisotopic (exact) mass is 414 g/mol. The Hall–Kier alpha value is -2.49. The summed E-state index contributed by atoms with van der Waals surface area (Å²) in [4.78, 5) is 12.0. The molecule has 0 unspecified atom stereocenters. The highest BCUT2D eigenvalue weighted by atomic mass is 35.5. The molecule has 0 aliphatic carbocycles. The van der Waals surface area contributed by atoms with Gasteiger partial charge in [0.2, 0.25) is 0 Å². The molecule has 0 fully saturated rings. The number of hydrogen-bond acceptors (Lipinski definition) is 5. The average Bonchev–Trinajstić information content (AvgIpc) is 3.04. The van der Waals surface area contributed by atoms with Crippen molar-refractivity contribution in [3.8, 4) is 5.69 Å². The van der Waals surface area contributed by atoms with Crippen LogP contribution in [0.2, 0.25) is 10.0 Å². The average molecular weight is 415 g/mol. The van der Waals surface area contributed by atoms with E-state index in [9.17, 15) is 17.6 Å². The minimum absolute atomic E-state index is 0.0515. The van der Waals surface area contributed by atoms with Crippen LogP contribution in [-0.2, 0) is 10.0 Å². The molecule has 1 N–H and O–H groups in total. The number of hydrogen-bond donors (Lipinski definition) is 1. The third-order valence-corrected chi connectivity index (χ3v) is 5.14. The molecular formula is C15H9Cl2FN4O3S. The molecule has 1 heterocycles. The van der Waals surface area contributed by atoms with Crippen molar-refractivity contribution in [3.63, 3.8) is 0 Å². The van der Waals surface area contributed by atoms with E-state index in [2.05, 4.69) is 10.3 Å². The number of sulfonamides is 1. The number of rotatable bonds is 4. The highest BCUT2D eigenvalue weighted by Gasteiger charge is 2.21. The number of nitrogens with one attached hydrogen (secondary N) is 1. The van der Waals surface area contributed by atoms with Crippen molar-refractivity contribution in [2.75, 3.05) is 0 Å². The first-order valence-electron chi connectivity index (χ1n) is 6.97. The normalized spacial score (nSPS) is 11.3. The summed E-state index contributed by atoms with van der Waals surface area (Å²) in [6.07, 6.45) is 1.17. The van der Waals surface area contributed by atoms with Crippen LogP contribution in [0.5, 0.6) is 0 Å². The van der Waals surface area contributed by atoms with Gasteiger partial charge in [0.25, 0.3) is 15.9 Å². The van der Waals surface area contributed by atoms with Crippen molar-refractivity contribution in [1.82, 2.24) is 19.7 Å². The summed E-state index contributed by atoms with van der Waals surface area (Å²) in [5.74, 6) is -1.52. The molecule has 26 heavy (non-hydrogen) atoms. The van der Waals surface area contributed by atoms with Gasteiger partial charge in [-0.1, -0.05) is 28.4 Å². The fraction of sp³-hybridized carbons (Fsp3) is 0. The van der Waals surface area contributed by atoms with Crippen LogP contribution in [0.3, 0.4) is 0 Å². The lowest BCUT2D eigenvalue weighted by molar-refractivity contribution is 0.0976. The Morgan fingerprint density at radius 2 is 1.81 bits per heavy atom. The van der Waals surface area contributed by atoms with E-state index in [-0.39, 0.29) is 21.3 Å². The SMILES string of the molecule is O=C(NS(=O)(=O)c1ccc(Cl)cc1)c1cn(-c2ccc(F)cc2Cl)nn1. The fourth-order valence-corrected chi connectivity index (χ4v) is 3.34. The number of aromatic nitrogens is 3. The maximum atomic E-state index is 13.1. The van der Waals surface area contributed by atoms with Crippen molar-refractivity contribution in [2.45, 2.75) is 4.90 Å². The predicted molar refractivity (Wildman–Crippen MR) is 92.4 cm³/mol. The molecule has 7 nitrogen and oxygen atoms in total. The van der Waals surface area contributed by atoms with Gasteiger partial charge in [0.05, 0.1) is 21.8 Å². The van der Waals surface area contributed by atoms with Gasteiger partial charge in [-0.15, -0.1) is 5.10 Å². The van der Waals surface area contributed by atoms with Crippen LogP contribution in [0.15, 0.2) is 53.6 Å². The van der Waals surface area contributed by atoms with Crippen molar-refractivity contribution >= 4 is 39.1 Å². The fourth-order valence-electron chi connectivity index (χ4n) is 2.00. The molecule has 1 amide bonds. The van der Waals surface area contributed by atoms with Crippen LogP contribution in [0.1, 0.15) is 10.5 Å². The van der Waals surface area contributed by atoms with Gasteiger partial charge in [0.1, 0.15) is 5.82 Å². The summed E-state index contributed by atoms with van der Waals surface area (Å²) >= 11 is 11.6. The first-order chi connectivity index (χ1) is 12.3. The van der Waals surface area contributed by atoms with Crippen LogP contribution < -0.4 is 4.72 Å². The molecule has 0 saturated heterocycles. The van der Waals surface area contributed by atoms with Crippen molar-refractivity contribution in [2.24, 2.45) is 0 Å². The molecule has 3 rings (SSSR count). The van der Waals surface area contributed by atoms with E-state index in [1.807, 2.05) is 4.72 Å².